The van der Waals surface area contributed by atoms with Gasteiger partial charge in [0.15, 0.2) is 5.96 Å². The minimum atomic E-state index is -4.14. The number of hydrogen-bond donors (Lipinski definition) is 1. The summed E-state index contributed by atoms with van der Waals surface area (Å²) >= 11 is 1.66. The minimum Gasteiger partial charge on any atom is -0.357 e. The smallest absolute Gasteiger partial charge is 0.357 e. The van der Waals surface area contributed by atoms with Crippen LogP contribution in [0.1, 0.15) is 35.8 Å². The van der Waals surface area contributed by atoms with Gasteiger partial charge in [-0.3, -0.25) is 4.90 Å². The van der Waals surface area contributed by atoms with Crippen LogP contribution in [0.5, 0.6) is 0 Å². The maximum Gasteiger partial charge on any atom is 0.401 e. The highest BCUT2D eigenvalue weighted by molar-refractivity contribution is 7.11. The number of hydrogen-bond acceptors (Lipinski definition) is 4. The molecule has 154 valence electrons. The van der Waals surface area contributed by atoms with Gasteiger partial charge in [0.05, 0.1) is 18.8 Å². The van der Waals surface area contributed by atoms with Crippen molar-refractivity contribution in [3.63, 3.8) is 0 Å². The fraction of sp³-hybridized carbons (Fsp3) is 0.778. The summed E-state index contributed by atoms with van der Waals surface area (Å²) in [6, 6.07) is 0. The Labute approximate surface area is 163 Å². The second-order valence-electron chi connectivity index (χ2n) is 6.96. The number of guanidine groups is 1. The van der Waals surface area contributed by atoms with Gasteiger partial charge in [0.25, 0.3) is 0 Å². The van der Waals surface area contributed by atoms with Crippen LogP contribution in [0.25, 0.3) is 0 Å². The Hall–Kier alpha value is -1.35. The van der Waals surface area contributed by atoms with Crippen LogP contribution >= 0.6 is 11.3 Å². The Balaban J connectivity index is 1.95. The van der Waals surface area contributed by atoms with Crippen molar-refractivity contribution in [2.24, 2.45) is 10.9 Å². The van der Waals surface area contributed by atoms with E-state index in [1.54, 1.807) is 18.3 Å². The van der Waals surface area contributed by atoms with E-state index in [0.717, 1.165) is 42.7 Å². The van der Waals surface area contributed by atoms with Gasteiger partial charge in [0, 0.05) is 31.1 Å². The van der Waals surface area contributed by atoms with Crippen LogP contribution in [-0.4, -0.2) is 66.2 Å². The fourth-order valence-corrected chi connectivity index (χ4v) is 4.13. The molecule has 1 unspecified atom stereocenters. The van der Waals surface area contributed by atoms with Crippen molar-refractivity contribution in [2.75, 3.05) is 39.3 Å². The molecule has 0 aliphatic carbocycles. The monoisotopic (exact) mass is 405 g/mol. The summed E-state index contributed by atoms with van der Waals surface area (Å²) in [5.41, 5.74) is 1.04. The van der Waals surface area contributed by atoms with E-state index in [9.17, 15) is 13.2 Å². The number of aliphatic imine (C=N–C) groups is 1. The molecule has 1 atom stereocenters. The largest absolute Gasteiger partial charge is 0.401 e. The van der Waals surface area contributed by atoms with Crippen LogP contribution in [0, 0.1) is 19.8 Å². The van der Waals surface area contributed by atoms with Crippen LogP contribution in [0.2, 0.25) is 0 Å². The van der Waals surface area contributed by atoms with Gasteiger partial charge in [-0.15, -0.1) is 11.3 Å². The zero-order chi connectivity index (χ0) is 20.0. The van der Waals surface area contributed by atoms with Gasteiger partial charge < -0.3 is 10.2 Å². The molecule has 1 aromatic rings. The van der Waals surface area contributed by atoms with Gasteiger partial charge in [-0.1, -0.05) is 6.92 Å². The Morgan fingerprint density at radius 1 is 1.37 bits per heavy atom. The molecule has 5 nitrogen and oxygen atoms in total. The third kappa shape index (κ3) is 6.95. The SMILES string of the molecule is CCNC(=NCc1nc(C)c(C)s1)N1CCC(CN(CC)CC(F)(F)F)C1. The molecule has 1 aromatic heterocycles. The molecule has 0 bridgehead atoms. The van der Waals surface area contributed by atoms with Gasteiger partial charge in [-0.05, 0) is 39.7 Å². The predicted molar refractivity (Wildman–Crippen MR) is 104 cm³/mol. The van der Waals surface area contributed by atoms with Crippen molar-refractivity contribution >= 4 is 17.3 Å². The molecule has 9 heteroatoms. The summed E-state index contributed by atoms with van der Waals surface area (Å²) in [7, 11) is 0. The Bertz CT molecular complexity index is 610. The summed E-state index contributed by atoms with van der Waals surface area (Å²) < 4.78 is 38.0. The van der Waals surface area contributed by atoms with Gasteiger partial charge in [-0.25, -0.2) is 9.98 Å². The molecule has 2 rings (SSSR count). The van der Waals surface area contributed by atoms with E-state index in [1.165, 1.54) is 9.78 Å². The van der Waals surface area contributed by atoms with Crippen LogP contribution in [0.3, 0.4) is 0 Å². The standard InChI is InChI=1S/C18H30F3N5S/c1-5-22-17(23-9-16-24-13(3)14(4)27-16)26-8-7-15(11-26)10-25(6-2)12-18(19,20)21/h15H,5-12H2,1-4H3,(H,22,23). The van der Waals surface area contributed by atoms with E-state index in [0.29, 0.717) is 19.6 Å². The maximum absolute atomic E-state index is 12.7. The molecule has 0 amide bonds. The number of nitrogens with one attached hydrogen (secondary N) is 1. The van der Waals surface area contributed by atoms with Crippen molar-refractivity contribution in [3.8, 4) is 0 Å². The molecule has 0 radical (unpaired) electrons. The highest BCUT2D eigenvalue weighted by Gasteiger charge is 2.33. The average Bonchev–Trinajstić information content (AvgIpc) is 3.16. The molecule has 27 heavy (non-hydrogen) atoms. The third-order valence-corrected chi connectivity index (χ3v) is 5.78. The highest BCUT2D eigenvalue weighted by atomic mass is 32.1. The van der Waals surface area contributed by atoms with Crippen LogP contribution in [-0.2, 0) is 6.54 Å². The van der Waals surface area contributed by atoms with Crippen molar-refractivity contribution in [1.29, 1.82) is 0 Å². The fourth-order valence-electron chi connectivity index (χ4n) is 3.27. The lowest BCUT2D eigenvalue weighted by atomic mass is 10.1. The zero-order valence-corrected chi connectivity index (χ0v) is 17.4. The number of thiazole rings is 1. The first-order valence-electron chi connectivity index (χ1n) is 9.47. The number of halogens is 3. The van der Waals surface area contributed by atoms with E-state index in [1.807, 2.05) is 13.8 Å². The van der Waals surface area contributed by atoms with Crippen molar-refractivity contribution < 1.29 is 13.2 Å². The number of nitrogens with zero attached hydrogens (tertiary/aromatic N) is 4. The second-order valence-corrected chi connectivity index (χ2v) is 8.25. The maximum atomic E-state index is 12.7. The Kier molecular flexibility index (Phi) is 7.91. The molecule has 1 aliphatic heterocycles. The molecule has 1 saturated heterocycles. The Morgan fingerprint density at radius 2 is 2.11 bits per heavy atom. The van der Waals surface area contributed by atoms with Crippen LogP contribution < -0.4 is 5.32 Å². The van der Waals surface area contributed by atoms with E-state index in [4.69, 9.17) is 4.99 Å². The number of aryl methyl sites for hydroxylation is 2. The van der Waals surface area contributed by atoms with Crippen molar-refractivity contribution in [3.05, 3.63) is 15.6 Å². The van der Waals surface area contributed by atoms with Gasteiger partial charge in [0.1, 0.15) is 5.01 Å². The summed E-state index contributed by atoms with van der Waals surface area (Å²) in [4.78, 5) is 14.1. The normalized spacial score (nSPS) is 18.6. The number of aromatic nitrogens is 1. The first-order valence-corrected chi connectivity index (χ1v) is 10.3. The summed E-state index contributed by atoms with van der Waals surface area (Å²) in [6.45, 7) is 10.7. The Morgan fingerprint density at radius 3 is 2.67 bits per heavy atom. The van der Waals surface area contributed by atoms with E-state index < -0.39 is 12.7 Å². The minimum absolute atomic E-state index is 0.223. The molecule has 1 aliphatic rings. The van der Waals surface area contributed by atoms with Crippen LogP contribution in [0.4, 0.5) is 13.2 Å². The highest BCUT2D eigenvalue weighted by Crippen LogP contribution is 2.22. The molecular weight excluding hydrogens is 375 g/mol. The van der Waals surface area contributed by atoms with Gasteiger partial charge in [-0.2, -0.15) is 13.2 Å². The first-order chi connectivity index (χ1) is 12.7. The van der Waals surface area contributed by atoms with E-state index in [2.05, 4.69) is 22.1 Å². The van der Waals surface area contributed by atoms with E-state index in [-0.39, 0.29) is 5.92 Å². The first kappa shape index (κ1) is 21.9. The summed E-state index contributed by atoms with van der Waals surface area (Å²) in [5, 5.41) is 4.29. The van der Waals surface area contributed by atoms with Crippen molar-refractivity contribution in [1.82, 2.24) is 20.1 Å². The molecule has 0 aromatic carbocycles. The topological polar surface area (TPSA) is 43.8 Å². The van der Waals surface area contributed by atoms with Crippen molar-refractivity contribution in [2.45, 2.75) is 46.8 Å². The zero-order valence-electron chi connectivity index (χ0n) is 16.6. The third-order valence-electron chi connectivity index (χ3n) is 4.72. The second kappa shape index (κ2) is 9.73. The average molecular weight is 406 g/mol. The molecule has 1 N–H and O–H groups in total. The molecule has 1 fully saturated rings. The quantitative estimate of drug-likeness (QED) is 0.558. The van der Waals surface area contributed by atoms with Gasteiger partial charge in [0.2, 0.25) is 0 Å². The molecule has 2 heterocycles. The lowest BCUT2D eigenvalue weighted by molar-refractivity contribution is -0.146. The summed E-state index contributed by atoms with van der Waals surface area (Å²) in [5.74, 6) is 1.05. The lowest BCUT2D eigenvalue weighted by Crippen LogP contribution is -2.41. The molecular formula is C18H30F3N5S. The predicted octanol–water partition coefficient (Wildman–Crippen LogP) is 3.43. The van der Waals surface area contributed by atoms with E-state index >= 15 is 0 Å². The number of likely N-dealkylation sites (tertiary alicyclic amines) is 1. The summed E-state index contributed by atoms with van der Waals surface area (Å²) in [6.07, 6.45) is -3.26. The number of rotatable bonds is 7. The molecule has 0 saturated carbocycles. The van der Waals surface area contributed by atoms with Gasteiger partial charge >= 0.3 is 6.18 Å². The lowest BCUT2D eigenvalue weighted by Gasteiger charge is -2.26. The molecule has 0 spiro atoms. The van der Waals surface area contributed by atoms with Crippen LogP contribution in [0.15, 0.2) is 4.99 Å². The number of alkyl halides is 3.